The lowest BCUT2D eigenvalue weighted by Gasteiger charge is -2.33. The molecule has 5 nitrogen and oxygen atoms in total. The van der Waals surface area contributed by atoms with Crippen molar-refractivity contribution in [1.29, 1.82) is 5.26 Å². The third kappa shape index (κ3) is 5.45. The van der Waals surface area contributed by atoms with E-state index in [1.54, 1.807) is 6.07 Å². The van der Waals surface area contributed by atoms with Crippen molar-refractivity contribution in [3.8, 4) is 6.07 Å². The normalized spacial score (nSPS) is 15.7. The van der Waals surface area contributed by atoms with E-state index in [4.69, 9.17) is 5.14 Å². The fraction of sp³-hybridized carbons (Fsp3) is 0.280. The molecule has 170 valence electrons. The van der Waals surface area contributed by atoms with E-state index in [1.807, 2.05) is 37.3 Å². The Balaban J connectivity index is 1.50. The molecule has 1 atom stereocenters. The minimum Gasteiger partial charge on any atom is -0.316 e. The summed E-state index contributed by atoms with van der Waals surface area (Å²) in [5.74, 6) is -0.386. The lowest BCUT2D eigenvalue weighted by atomic mass is 9.98. The van der Waals surface area contributed by atoms with Crippen molar-refractivity contribution in [3.05, 3.63) is 81.0 Å². The van der Waals surface area contributed by atoms with Gasteiger partial charge in [-0.1, -0.05) is 18.2 Å². The molecule has 3 aromatic rings. The number of nitrogens with zero attached hydrogens (tertiary/aromatic N) is 2. The van der Waals surface area contributed by atoms with Crippen molar-refractivity contribution in [2.45, 2.75) is 50.7 Å². The molecule has 1 aromatic heterocycles. The van der Waals surface area contributed by atoms with Gasteiger partial charge in [0.15, 0.2) is 0 Å². The van der Waals surface area contributed by atoms with Crippen LogP contribution in [0.2, 0.25) is 0 Å². The Kier molecular flexibility index (Phi) is 7.15. The molecule has 1 aliphatic rings. The van der Waals surface area contributed by atoms with Gasteiger partial charge in [0, 0.05) is 34.5 Å². The fourth-order valence-electron chi connectivity index (χ4n) is 4.20. The molecular formula is C25H25FN4OS2. The first-order valence-corrected chi connectivity index (χ1v) is 12.4. The van der Waals surface area contributed by atoms with Gasteiger partial charge in [-0.3, -0.25) is 14.8 Å². The lowest BCUT2D eigenvalue weighted by Crippen LogP contribution is -2.37. The zero-order chi connectivity index (χ0) is 23.5. The number of nitrogens with one attached hydrogen (secondary N) is 1. The van der Waals surface area contributed by atoms with Crippen molar-refractivity contribution in [2.75, 3.05) is 5.32 Å². The number of amides is 1. The Morgan fingerprint density at radius 1 is 1.30 bits per heavy atom. The highest BCUT2D eigenvalue weighted by atomic mass is 32.2. The summed E-state index contributed by atoms with van der Waals surface area (Å²) < 4.78 is 13.8. The number of nitrogens with two attached hydrogens (primary N) is 1. The van der Waals surface area contributed by atoms with Crippen LogP contribution in [0.5, 0.6) is 0 Å². The highest BCUT2D eigenvalue weighted by Crippen LogP contribution is 2.38. The number of benzene rings is 2. The van der Waals surface area contributed by atoms with Gasteiger partial charge in [0.05, 0.1) is 12.0 Å². The Morgan fingerprint density at radius 3 is 2.73 bits per heavy atom. The summed E-state index contributed by atoms with van der Waals surface area (Å²) in [6.45, 7) is 5.23. The highest BCUT2D eigenvalue weighted by Gasteiger charge is 2.29. The summed E-state index contributed by atoms with van der Waals surface area (Å²) in [5.41, 5.74) is 4.20. The lowest BCUT2D eigenvalue weighted by molar-refractivity contribution is -0.115. The van der Waals surface area contributed by atoms with Crippen LogP contribution in [-0.2, 0) is 30.7 Å². The SMILES string of the molecule is Cc1cc(F)cc(CN2Cc3c(sc(NC(=O)Cc4ccc(SN)cc4)c3C#N)CC2C)c1. The van der Waals surface area contributed by atoms with Crippen LogP contribution in [0.15, 0.2) is 47.4 Å². The number of carbonyl (C=O) groups excluding carboxylic acids is 1. The molecule has 0 aliphatic carbocycles. The van der Waals surface area contributed by atoms with Gasteiger partial charge < -0.3 is 5.32 Å². The number of fused-ring (bicyclic) bond motifs is 1. The van der Waals surface area contributed by atoms with E-state index in [0.29, 0.717) is 23.7 Å². The average Bonchev–Trinajstić information content (AvgIpc) is 3.09. The second kappa shape index (κ2) is 10.1. The van der Waals surface area contributed by atoms with Gasteiger partial charge in [0.25, 0.3) is 0 Å². The van der Waals surface area contributed by atoms with Crippen LogP contribution in [0, 0.1) is 24.1 Å². The zero-order valence-electron chi connectivity index (χ0n) is 18.5. The van der Waals surface area contributed by atoms with Crippen LogP contribution >= 0.6 is 23.3 Å². The van der Waals surface area contributed by atoms with Crippen molar-refractivity contribution >= 4 is 34.2 Å². The molecule has 4 rings (SSSR count). The minimum absolute atomic E-state index is 0.154. The van der Waals surface area contributed by atoms with Gasteiger partial charge in [0.1, 0.15) is 16.9 Å². The summed E-state index contributed by atoms with van der Waals surface area (Å²) in [4.78, 5) is 17.0. The van der Waals surface area contributed by atoms with E-state index in [1.165, 1.54) is 17.4 Å². The van der Waals surface area contributed by atoms with Gasteiger partial charge in [-0.05, 0) is 73.2 Å². The summed E-state index contributed by atoms with van der Waals surface area (Å²) in [7, 11) is 0. The number of rotatable bonds is 6. The molecule has 0 bridgehead atoms. The molecule has 2 heterocycles. The van der Waals surface area contributed by atoms with Gasteiger partial charge in [-0.15, -0.1) is 11.3 Å². The number of carbonyl (C=O) groups is 1. The monoisotopic (exact) mass is 480 g/mol. The summed E-state index contributed by atoms with van der Waals surface area (Å²) in [6.07, 6.45) is 1.02. The van der Waals surface area contributed by atoms with Crippen LogP contribution in [0.1, 0.15) is 39.6 Å². The molecule has 33 heavy (non-hydrogen) atoms. The first kappa shape index (κ1) is 23.5. The molecule has 0 spiro atoms. The molecule has 2 aromatic carbocycles. The van der Waals surface area contributed by atoms with Crippen molar-refractivity contribution in [1.82, 2.24) is 4.90 Å². The van der Waals surface area contributed by atoms with Crippen LogP contribution in [-0.4, -0.2) is 16.8 Å². The molecule has 1 amide bonds. The first-order chi connectivity index (χ1) is 15.9. The second-order valence-corrected chi connectivity index (χ2v) is 10.2. The van der Waals surface area contributed by atoms with Crippen molar-refractivity contribution in [3.63, 3.8) is 0 Å². The van der Waals surface area contributed by atoms with E-state index in [2.05, 4.69) is 23.2 Å². The average molecular weight is 481 g/mol. The zero-order valence-corrected chi connectivity index (χ0v) is 20.2. The number of anilines is 1. The highest BCUT2D eigenvalue weighted by molar-refractivity contribution is 7.97. The standard InChI is InChI=1S/C25H25FN4OS2/c1-15-7-18(10-19(26)8-15)13-30-14-22-21(12-27)25(32-23(22)9-16(30)2)29-24(31)11-17-3-5-20(33-28)6-4-17/h3-8,10,16H,9,11,13-14,28H2,1-2H3,(H,29,31). The topological polar surface area (TPSA) is 82.2 Å². The number of thiophene rings is 1. The number of hydrogen-bond donors (Lipinski definition) is 2. The molecular weight excluding hydrogens is 455 g/mol. The Hall–Kier alpha value is -2.70. The van der Waals surface area contributed by atoms with E-state index in [-0.39, 0.29) is 24.2 Å². The predicted molar refractivity (Wildman–Crippen MR) is 131 cm³/mol. The van der Waals surface area contributed by atoms with Crippen LogP contribution in [0.3, 0.4) is 0 Å². The molecule has 1 aliphatic heterocycles. The molecule has 0 fully saturated rings. The van der Waals surface area contributed by atoms with E-state index in [0.717, 1.165) is 50.4 Å². The second-order valence-electron chi connectivity index (χ2n) is 8.40. The number of nitriles is 1. The van der Waals surface area contributed by atoms with E-state index >= 15 is 0 Å². The van der Waals surface area contributed by atoms with Crippen LogP contribution < -0.4 is 10.5 Å². The van der Waals surface area contributed by atoms with Gasteiger partial charge >= 0.3 is 0 Å². The number of halogens is 1. The van der Waals surface area contributed by atoms with Crippen molar-refractivity contribution in [2.24, 2.45) is 5.14 Å². The first-order valence-electron chi connectivity index (χ1n) is 10.7. The third-order valence-electron chi connectivity index (χ3n) is 5.83. The Labute approximate surface area is 201 Å². The maximum absolute atomic E-state index is 13.8. The molecule has 3 N–H and O–H groups in total. The maximum atomic E-state index is 13.8. The van der Waals surface area contributed by atoms with Crippen LogP contribution in [0.25, 0.3) is 0 Å². The van der Waals surface area contributed by atoms with Gasteiger partial charge in [0.2, 0.25) is 5.91 Å². The largest absolute Gasteiger partial charge is 0.316 e. The Morgan fingerprint density at radius 2 is 2.06 bits per heavy atom. The number of aryl methyl sites for hydroxylation is 1. The van der Waals surface area contributed by atoms with E-state index < -0.39 is 0 Å². The summed E-state index contributed by atoms with van der Waals surface area (Å²) >= 11 is 2.65. The predicted octanol–water partition coefficient (Wildman–Crippen LogP) is 5.16. The van der Waals surface area contributed by atoms with Gasteiger partial charge in [-0.2, -0.15) is 5.26 Å². The van der Waals surface area contributed by atoms with Crippen molar-refractivity contribution < 1.29 is 9.18 Å². The molecule has 0 saturated heterocycles. The third-order valence-corrected chi connectivity index (χ3v) is 7.55. The maximum Gasteiger partial charge on any atom is 0.229 e. The molecule has 0 saturated carbocycles. The minimum atomic E-state index is -0.231. The van der Waals surface area contributed by atoms with Gasteiger partial charge in [-0.25, -0.2) is 4.39 Å². The van der Waals surface area contributed by atoms with Crippen LogP contribution in [0.4, 0.5) is 9.39 Å². The fourth-order valence-corrected chi connectivity index (χ4v) is 5.79. The number of hydrogen-bond acceptors (Lipinski definition) is 6. The Bertz CT molecular complexity index is 1200. The molecule has 1 unspecified atom stereocenters. The molecule has 8 heteroatoms. The van der Waals surface area contributed by atoms with E-state index in [9.17, 15) is 14.4 Å². The summed E-state index contributed by atoms with van der Waals surface area (Å²) in [6, 6.07) is 15.2. The molecule has 0 radical (unpaired) electrons. The smallest absolute Gasteiger partial charge is 0.229 e. The quantitative estimate of drug-likeness (QED) is 0.476. The summed E-state index contributed by atoms with van der Waals surface area (Å²) in [5, 5.41) is 19.0.